The fourth-order valence-corrected chi connectivity index (χ4v) is 2.90. The molecular formula is C15H16N2O2. The molecule has 0 bridgehead atoms. The van der Waals surface area contributed by atoms with Gasteiger partial charge in [0.2, 0.25) is 0 Å². The smallest absolute Gasteiger partial charge is 0.164 e. The number of Topliss-reactive ketones (excluding diaryl/α,β-unsaturated/α-hetero) is 1. The first-order valence-electron chi connectivity index (χ1n) is 6.33. The minimum absolute atomic E-state index is 0.0678. The molecule has 19 heavy (non-hydrogen) atoms. The summed E-state index contributed by atoms with van der Waals surface area (Å²) in [7, 11) is 1.66. The second-order valence-corrected chi connectivity index (χ2v) is 4.98. The molecule has 0 saturated carbocycles. The van der Waals surface area contributed by atoms with Gasteiger partial charge in [0.25, 0.3) is 0 Å². The first-order chi connectivity index (χ1) is 9.13. The molecule has 1 aromatic carbocycles. The quantitative estimate of drug-likeness (QED) is 0.898. The van der Waals surface area contributed by atoms with Crippen LogP contribution in [0.3, 0.4) is 0 Å². The highest BCUT2D eigenvalue weighted by atomic mass is 16.5. The van der Waals surface area contributed by atoms with Gasteiger partial charge >= 0.3 is 0 Å². The van der Waals surface area contributed by atoms with E-state index in [0.717, 1.165) is 33.7 Å². The Bertz CT molecular complexity index is 645. The van der Waals surface area contributed by atoms with Crippen molar-refractivity contribution >= 4 is 5.78 Å². The summed E-state index contributed by atoms with van der Waals surface area (Å²) in [5, 5.41) is 0. The molecule has 0 aliphatic heterocycles. The molecule has 0 fully saturated rings. The van der Waals surface area contributed by atoms with Crippen LogP contribution in [-0.4, -0.2) is 22.9 Å². The number of aromatic nitrogens is 2. The molecule has 1 heterocycles. The molecule has 0 saturated heterocycles. The van der Waals surface area contributed by atoms with Crippen molar-refractivity contribution in [3.63, 3.8) is 0 Å². The number of nitrogens with zero attached hydrogens (tertiary/aromatic N) is 1. The van der Waals surface area contributed by atoms with Crippen molar-refractivity contribution in [1.82, 2.24) is 9.97 Å². The number of carbonyl (C=O) groups excluding carboxylic acids is 1. The Labute approximate surface area is 111 Å². The fourth-order valence-electron chi connectivity index (χ4n) is 2.90. The number of fused-ring (bicyclic) bond motifs is 1. The van der Waals surface area contributed by atoms with E-state index in [9.17, 15) is 4.79 Å². The van der Waals surface area contributed by atoms with Crippen molar-refractivity contribution in [2.45, 2.75) is 26.2 Å². The molecule has 1 atom stereocenters. The van der Waals surface area contributed by atoms with Crippen LogP contribution in [0.4, 0.5) is 0 Å². The van der Waals surface area contributed by atoms with Gasteiger partial charge in [-0.05, 0) is 36.6 Å². The monoisotopic (exact) mass is 256 g/mol. The van der Waals surface area contributed by atoms with Crippen molar-refractivity contribution in [3.05, 3.63) is 46.5 Å². The number of rotatable bonds is 2. The third kappa shape index (κ3) is 1.67. The molecule has 1 aliphatic rings. The number of hydrogen-bond acceptors (Lipinski definition) is 3. The first-order valence-corrected chi connectivity index (χ1v) is 6.33. The Hall–Kier alpha value is -2.10. The van der Waals surface area contributed by atoms with Crippen LogP contribution in [0.1, 0.15) is 45.1 Å². The number of carbonyl (C=O) groups is 1. The maximum Gasteiger partial charge on any atom is 0.164 e. The van der Waals surface area contributed by atoms with E-state index >= 15 is 0 Å². The largest absolute Gasteiger partial charge is 0.496 e. The number of H-pyrrole nitrogens is 1. The molecule has 4 nitrogen and oxygen atoms in total. The summed E-state index contributed by atoms with van der Waals surface area (Å²) in [5.41, 5.74) is 4.96. The Morgan fingerprint density at radius 2 is 2.16 bits per heavy atom. The van der Waals surface area contributed by atoms with Crippen molar-refractivity contribution in [2.24, 2.45) is 0 Å². The fraction of sp³-hybridized carbons (Fsp3) is 0.333. The Kier molecular flexibility index (Phi) is 2.66. The SMILES string of the molecule is COc1cc2c(c(C)c1C)C(=O)CC2c1cnc[nH]1. The van der Waals surface area contributed by atoms with E-state index in [2.05, 4.69) is 9.97 Å². The number of imidazole rings is 1. The molecule has 0 radical (unpaired) electrons. The summed E-state index contributed by atoms with van der Waals surface area (Å²) in [6.45, 7) is 3.98. The van der Waals surface area contributed by atoms with E-state index in [1.165, 1.54) is 0 Å². The average Bonchev–Trinajstić information content (AvgIpc) is 3.01. The van der Waals surface area contributed by atoms with Gasteiger partial charge in [0, 0.05) is 29.8 Å². The molecule has 1 N–H and O–H groups in total. The normalized spacial score (nSPS) is 17.6. The lowest BCUT2D eigenvalue weighted by Crippen LogP contribution is -2.01. The van der Waals surface area contributed by atoms with Gasteiger partial charge in [0.1, 0.15) is 5.75 Å². The molecule has 3 rings (SSSR count). The van der Waals surface area contributed by atoms with Crippen LogP contribution in [0, 0.1) is 13.8 Å². The highest BCUT2D eigenvalue weighted by molar-refractivity contribution is 6.03. The zero-order valence-electron chi connectivity index (χ0n) is 11.3. The van der Waals surface area contributed by atoms with Crippen LogP contribution < -0.4 is 4.74 Å². The molecule has 98 valence electrons. The lowest BCUT2D eigenvalue weighted by molar-refractivity contribution is 0.0990. The van der Waals surface area contributed by atoms with Crippen LogP contribution in [0.2, 0.25) is 0 Å². The van der Waals surface area contributed by atoms with E-state index in [0.29, 0.717) is 6.42 Å². The molecule has 0 amide bonds. The highest BCUT2D eigenvalue weighted by Crippen LogP contribution is 2.42. The van der Waals surface area contributed by atoms with Crippen molar-refractivity contribution in [1.29, 1.82) is 0 Å². The number of benzene rings is 1. The van der Waals surface area contributed by atoms with Crippen LogP contribution in [0.5, 0.6) is 5.75 Å². The Morgan fingerprint density at radius 3 is 2.79 bits per heavy atom. The Morgan fingerprint density at radius 1 is 1.37 bits per heavy atom. The standard InChI is InChI=1S/C15H16N2O2/c1-8-9(2)15-11(5-14(8)19-3)10(4-13(15)18)12-6-16-7-17-12/h5-7,10H,4H2,1-3H3,(H,16,17). The summed E-state index contributed by atoms with van der Waals surface area (Å²) in [4.78, 5) is 19.4. The minimum Gasteiger partial charge on any atom is -0.496 e. The molecular weight excluding hydrogens is 240 g/mol. The highest BCUT2D eigenvalue weighted by Gasteiger charge is 2.34. The Balaban J connectivity index is 2.22. The summed E-state index contributed by atoms with van der Waals surface area (Å²) < 4.78 is 5.41. The maximum atomic E-state index is 12.3. The molecule has 2 aromatic rings. The van der Waals surface area contributed by atoms with Gasteiger partial charge in [-0.15, -0.1) is 0 Å². The van der Waals surface area contributed by atoms with Crippen molar-refractivity contribution in [2.75, 3.05) is 7.11 Å². The number of aromatic amines is 1. The van der Waals surface area contributed by atoms with Crippen LogP contribution in [0.15, 0.2) is 18.6 Å². The van der Waals surface area contributed by atoms with Crippen LogP contribution in [0.25, 0.3) is 0 Å². The van der Waals surface area contributed by atoms with E-state index in [1.807, 2.05) is 19.9 Å². The van der Waals surface area contributed by atoms with Crippen molar-refractivity contribution in [3.8, 4) is 5.75 Å². The number of nitrogens with one attached hydrogen (secondary N) is 1. The van der Waals surface area contributed by atoms with E-state index in [-0.39, 0.29) is 11.7 Å². The van der Waals surface area contributed by atoms with Crippen LogP contribution >= 0.6 is 0 Å². The summed E-state index contributed by atoms with van der Waals surface area (Å²) in [6.07, 6.45) is 3.94. The molecule has 1 aromatic heterocycles. The third-order valence-electron chi connectivity index (χ3n) is 4.04. The zero-order valence-corrected chi connectivity index (χ0v) is 11.3. The zero-order chi connectivity index (χ0) is 13.6. The van der Waals surface area contributed by atoms with Gasteiger partial charge in [-0.25, -0.2) is 4.98 Å². The predicted octanol–water partition coefficient (Wildman–Crippen LogP) is 2.75. The minimum atomic E-state index is 0.0678. The number of hydrogen-bond donors (Lipinski definition) is 1. The summed E-state index contributed by atoms with van der Waals surface area (Å²) in [5.74, 6) is 1.12. The van der Waals surface area contributed by atoms with Gasteiger partial charge in [-0.2, -0.15) is 0 Å². The van der Waals surface area contributed by atoms with Crippen LogP contribution in [-0.2, 0) is 0 Å². The lowest BCUT2D eigenvalue weighted by atomic mass is 9.93. The number of ether oxygens (including phenoxy) is 1. The van der Waals surface area contributed by atoms with Gasteiger partial charge in [0.05, 0.1) is 13.4 Å². The van der Waals surface area contributed by atoms with E-state index in [4.69, 9.17) is 4.74 Å². The number of methoxy groups -OCH3 is 1. The van der Waals surface area contributed by atoms with E-state index < -0.39 is 0 Å². The third-order valence-corrected chi connectivity index (χ3v) is 4.04. The van der Waals surface area contributed by atoms with Gasteiger partial charge in [-0.3, -0.25) is 4.79 Å². The maximum absolute atomic E-state index is 12.3. The first kappa shape index (κ1) is 12.0. The predicted molar refractivity (Wildman–Crippen MR) is 71.8 cm³/mol. The summed E-state index contributed by atoms with van der Waals surface area (Å²) >= 11 is 0. The van der Waals surface area contributed by atoms with Gasteiger partial charge in [-0.1, -0.05) is 0 Å². The average molecular weight is 256 g/mol. The number of ketones is 1. The molecule has 0 spiro atoms. The second kappa shape index (κ2) is 4.23. The molecule has 1 unspecified atom stereocenters. The van der Waals surface area contributed by atoms with Gasteiger partial charge < -0.3 is 9.72 Å². The van der Waals surface area contributed by atoms with Crippen molar-refractivity contribution < 1.29 is 9.53 Å². The molecule has 1 aliphatic carbocycles. The topological polar surface area (TPSA) is 55.0 Å². The lowest BCUT2D eigenvalue weighted by Gasteiger charge is -2.14. The van der Waals surface area contributed by atoms with E-state index in [1.54, 1.807) is 19.6 Å². The summed E-state index contributed by atoms with van der Waals surface area (Å²) in [6, 6.07) is 1.99. The second-order valence-electron chi connectivity index (χ2n) is 4.98. The van der Waals surface area contributed by atoms with Gasteiger partial charge in [0.15, 0.2) is 5.78 Å². The molecule has 4 heteroatoms.